The maximum absolute atomic E-state index is 12.7. The number of rotatable bonds is 4. The first-order valence-corrected chi connectivity index (χ1v) is 7.18. The van der Waals surface area contributed by atoms with Crippen molar-refractivity contribution < 1.29 is 23.1 Å². The molecule has 0 amide bonds. The van der Waals surface area contributed by atoms with Gasteiger partial charge in [0.25, 0.3) is 0 Å². The number of H-pyrrole nitrogens is 1. The number of carbonyl (C=O) groups is 1. The lowest BCUT2D eigenvalue weighted by Crippen LogP contribution is -2.28. The van der Waals surface area contributed by atoms with Gasteiger partial charge in [-0.1, -0.05) is 18.2 Å². The molecule has 0 saturated heterocycles. The van der Waals surface area contributed by atoms with Crippen molar-refractivity contribution in [3.63, 3.8) is 0 Å². The van der Waals surface area contributed by atoms with Crippen LogP contribution in [0.25, 0.3) is 0 Å². The van der Waals surface area contributed by atoms with Gasteiger partial charge < -0.3 is 5.11 Å². The summed E-state index contributed by atoms with van der Waals surface area (Å²) in [5, 5.41) is 15.3. The number of hydrogen-bond acceptors (Lipinski definition) is 4. The molecule has 5 nitrogen and oxygen atoms in total. The van der Waals surface area contributed by atoms with E-state index in [-0.39, 0.29) is 29.7 Å². The Bertz CT molecular complexity index is 478. The molecular weight excluding hydrogens is 295 g/mol. The number of carboxylic acids is 1. The predicted octanol–water partition coefficient (Wildman–Crippen LogP) is 2.82. The third-order valence-corrected chi connectivity index (χ3v) is 4.16. The van der Waals surface area contributed by atoms with Gasteiger partial charge in [0.2, 0.25) is 5.16 Å². The number of carboxylic acid groups (broad SMARTS) is 1. The van der Waals surface area contributed by atoms with Gasteiger partial charge in [0, 0.05) is 5.92 Å². The van der Waals surface area contributed by atoms with Crippen LogP contribution >= 0.6 is 11.8 Å². The molecule has 0 radical (unpaired) electrons. The third kappa shape index (κ3) is 3.87. The van der Waals surface area contributed by atoms with E-state index in [4.69, 9.17) is 5.11 Å². The summed E-state index contributed by atoms with van der Waals surface area (Å²) >= 11 is 0.944. The Kier molecular flexibility index (Phi) is 4.56. The molecule has 1 aromatic rings. The lowest BCUT2D eigenvalue weighted by Gasteiger charge is -2.29. The summed E-state index contributed by atoms with van der Waals surface area (Å²) in [5.41, 5.74) is 0. The normalized spacial score (nSPS) is 23.8. The predicted molar refractivity (Wildman–Crippen MR) is 65.5 cm³/mol. The van der Waals surface area contributed by atoms with Crippen LogP contribution < -0.4 is 0 Å². The minimum Gasteiger partial charge on any atom is -0.481 e. The van der Waals surface area contributed by atoms with Gasteiger partial charge in [0.1, 0.15) is 5.82 Å². The molecule has 2 rings (SSSR count). The molecular formula is C11H14F3N3O2S. The molecule has 1 saturated carbocycles. The Morgan fingerprint density at radius 3 is 2.85 bits per heavy atom. The number of nitrogens with zero attached hydrogens (tertiary/aromatic N) is 2. The van der Waals surface area contributed by atoms with Gasteiger partial charge in [-0.15, -0.1) is 5.10 Å². The van der Waals surface area contributed by atoms with Crippen molar-refractivity contribution in [1.82, 2.24) is 15.2 Å². The van der Waals surface area contributed by atoms with Crippen LogP contribution in [0.1, 0.15) is 37.4 Å². The fourth-order valence-corrected chi connectivity index (χ4v) is 2.89. The minimum absolute atomic E-state index is 0.0156. The topological polar surface area (TPSA) is 78.9 Å². The number of nitrogens with one attached hydrogen (secondary N) is 1. The number of thioether (sulfide) groups is 1. The highest BCUT2D eigenvalue weighted by Gasteiger charge is 2.43. The zero-order chi connectivity index (χ0) is 14.8. The van der Waals surface area contributed by atoms with Gasteiger partial charge in [-0.3, -0.25) is 9.89 Å². The van der Waals surface area contributed by atoms with E-state index in [1.54, 1.807) is 0 Å². The number of aromatic nitrogens is 3. The molecule has 0 aliphatic heterocycles. The summed E-state index contributed by atoms with van der Waals surface area (Å²) in [6.45, 7) is 0. The monoisotopic (exact) mass is 309 g/mol. The number of alkyl halides is 3. The highest BCUT2D eigenvalue weighted by atomic mass is 32.2. The molecule has 9 heteroatoms. The lowest BCUT2D eigenvalue weighted by molar-refractivity contribution is -0.183. The minimum atomic E-state index is -4.17. The van der Waals surface area contributed by atoms with Gasteiger partial charge in [0.05, 0.1) is 11.7 Å². The molecule has 1 aromatic heterocycles. The Balaban J connectivity index is 1.99. The Hall–Kier alpha value is -1.25. The summed E-state index contributed by atoms with van der Waals surface area (Å²) < 4.78 is 38.2. The number of aliphatic carboxylic acids is 1. The van der Waals surface area contributed by atoms with Crippen LogP contribution in [-0.4, -0.2) is 38.2 Å². The van der Waals surface area contributed by atoms with Crippen LogP contribution in [0, 0.1) is 5.92 Å². The van der Waals surface area contributed by atoms with E-state index >= 15 is 0 Å². The Morgan fingerprint density at radius 2 is 2.20 bits per heavy atom. The molecule has 1 aliphatic carbocycles. The molecule has 2 unspecified atom stereocenters. The first-order valence-electron chi connectivity index (χ1n) is 6.20. The van der Waals surface area contributed by atoms with Gasteiger partial charge in [-0.25, -0.2) is 4.98 Å². The summed E-state index contributed by atoms with van der Waals surface area (Å²) in [5.74, 6) is -2.32. The maximum Gasteiger partial charge on any atom is 0.391 e. The smallest absolute Gasteiger partial charge is 0.391 e. The second kappa shape index (κ2) is 6.02. The highest BCUT2D eigenvalue weighted by molar-refractivity contribution is 7.99. The molecule has 20 heavy (non-hydrogen) atoms. The fraction of sp³-hybridized carbons (Fsp3) is 0.727. The largest absolute Gasteiger partial charge is 0.481 e. The maximum atomic E-state index is 12.7. The van der Waals surface area contributed by atoms with E-state index in [0.717, 1.165) is 11.8 Å². The van der Waals surface area contributed by atoms with Crippen LogP contribution in [0.2, 0.25) is 0 Å². The van der Waals surface area contributed by atoms with E-state index < -0.39 is 18.1 Å². The highest BCUT2D eigenvalue weighted by Crippen LogP contribution is 2.42. The Labute approximate surface area is 117 Å². The van der Waals surface area contributed by atoms with E-state index in [9.17, 15) is 18.0 Å². The molecule has 0 bridgehead atoms. The second-order valence-electron chi connectivity index (χ2n) is 4.79. The first-order chi connectivity index (χ1) is 9.36. The average molecular weight is 309 g/mol. The zero-order valence-electron chi connectivity index (χ0n) is 10.5. The zero-order valence-corrected chi connectivity index (χ0v) is 11.3. The number of aromatic amines is 1. The molecule has 1 aliphatic rings. The fourth-order valence-electron chi connectivity index (χ4n) is 2.37. The van der Waals surface area contributed by atoms with Crippen molar-refractivity contribution in [2.24, 2.45) is 5.92 Å². The van der Waals surface area contributed by atoms with Crippen LogP contribution in [0.4, 0.5) is 13.2 Å². The number of hydrogen-bond donors (Lipinski definition) is 2. The molecule has 0 aromatic carbocycles. The molecule has 1 fully saturated rings. The molecule has 1 heterocycles. The molecule has 2 atom stereocenters. The van der Waals surface area contributed by atoms with Crippen LogP contribution in [0.15, 0.2) is 5.16 Å². The van der Waals surface area contributed by atoms with Gasteiger partial charge in [-0.05, 0) is 19.3 Å². The standard InChI is InChI=1S/C11H14F3N3O2S/c12-11(13,14)7-3-1-2-6(4-7)9-15-10(17-16-9)20-5-8(18)19/h6-7H,1-5H2,(H,18,19)(H,15,16,17). The van der Waals surface area contributed by atoms with E-state index in [1.807, 2.05) is 0 Å². The average Bonchev–Trinajstić information content (AvgIpc) is 2.84. The molecule has 0 spiro atoms. The van der Waals surface area contributed by atoms with E-state index in [1.165, 1.54) is 0 Å². The first kappa shape index (κ1) is 15.1. The van der Waals surface area contributed by atoms with Crippen LogP contribution in [0.3, 0.4) is 0 Å². The van der Waals surface area contributed by atoms with E-state index in [0.29, 0.717) is 18.7 Å². The second-order valence-corrected chi connectivity index (χ2v) is 5.73. The quantitative estimate of drug-likeness (QED) is 0.836. The van der Waals surface area contributed by atoms with Crippen molar-refractivity contribution >= 4 is 17.7 Å². The lowest BCUT2D eigenvalue weighted by atomic mass is 9.81. The van der Waals surface area contributed by atoms with E-state index in [2.05, 4.69) is 15.2 Å². The van der Waals surface area contributed by atoms with Crippen molar-refractivity contribution in [2.75, 3.05) is 5.75 Å². The Morgan fingerprint density at radius 1 is 1.45 bits per heavy atom. The summed E-state index contributed by atoms with van der Waals surface area (Å²) in [7, 11) is 0. The molecule has 112 valence electrons. The van der Waals surface area contributed by atoms with Crippen molar-refractivity contribution in [3.8, 4) is 0 Å². The van der Waals surface area contributed by atoms with Crippen LogP contribution in [0.5, 0.6) is 0 Å². The van der Waals surface area contributed by atoms with Gasteiger partial charge >= 0.3 is 12.1 Å². The summed E-state index contributed by atoms with van der Waals surface area (Å²) in [4.78, 5) is 14.5. The van der Waals surface area contributed by atoms with Crippen molar-refractivity contribution in [1.29, 1.82) is 0 Å². The van der Waals surface area contributed by atoms with Crippen LogP contribution in [-0.2, 0) is 4.79 Å². The van der Waals surface area contributed by atoms with Crippen molar-refractivity contribution in [2.45, 2.75) is 42.9 Å². The van der Waals surface area contributed by atoms with Crippen molar-refractivity contribution in [3.05, 3.63) is 5.82 Å². The summed E-state index contributed by atoms with van der Waals surface area (Å²) in [6, 6.07) is 0. The number of halogens is 3. The summed E-state index contributed by atoms with van der Waals surface area (Å²) in [6.07, 6.45) is -2.84. The van der Waals surface area contributed by atoms with Gasteiger partial charge in [0.15, 0.2) is 0 Å². The van der Waals surface area contributed by atoms with Gasteiger partial charge in [-0.2, -0.15) is 13.2 Å². The SMILES string of the molecule is O=C(O)CSc1n[nH]c(C2CCCC(C(F)(F)F)C2)n1. The molecule has 2 N–H and O–H groups in total. The third-order valence-electron chi connectivity index (χ3n) is 3.33.